The third kappa shape index (κ3) is 5.32. The molecule has 0 aliphatic carbocycles. The molecule has 2 heterocycles. The van der Waals surface area contributed by atoms with Crippen molar-refractivity contribution in [2.24, 2.45) is 5.73 Å². The molecule has 2 amide bonds. The van der Waals surface area contributed by atoms with Crippen LogP contribution in [0.5, 0.6) is 0 Å². The molecule has 1 aromatic heterocycles. The van der Waals surface area contributed by atoms with E-state index in [1.807, 2.05) is 30.3 Å². The number of Topliss-reactive ketones (excluding diaryl/α,β-unsaturated/α-hetero) is 1. The molecule has 5 rings (SSSR count). The molecule has 0 atom stereocenters. The molecular weight excluding hydrogens is 584 g/mol. The SMILES string of the molecule is NC(=O)c1ccc(-n2c(C(=O)CCc3ccccc3)c3n(c2=O)CCN(C(=O)c2ccc(Br)c(Cl)c2)C3)cc1. The Morgan fingerprint density at radius 2 is 1.62 bits per heavy atom. The quantitative estimate of drug-likeness (QED) is 0.309. The van der Waals surface area contributed by atoms with Gasteiger partial charge in [0.1, 0.15) is 5.69 Å². The number of benzene rings is 3. The summed E-state index contributed by atoms with van der Waals surface area (Å²) >= 11 is 9.55. The van der Waals surface area contributed by atoms with E-state index in [0.29, 0.717) is 39.4 Å². The van der Waals surface area contributed by atoms with Gasteiger partial charge in [0.2, 0.25) is 5.91 Å². The van der Waals surface area contributed by atoms with Crippen molar-refractivity contribution in [3.63, 3.8) is 0 Å². The second-order valence-corrected chi connectivity index (χ2v) is 10.5. The lowest BCUT2D eigenvalue weighted by molar-refractivity contribution is 0.0706. The first-order chi connectivity index (χ1) is 18.7. The lowest BCUT2D eigenvalue weighted by Gasteiger charge is -2.28. The number of primary amides is 1. The molecule has 2 N–H and O–H groups in total. The summed E-state index contributed by atoms with van der Waals surface area (Å²) in [6.07, 6.45) is 0.676. The third-order valence-corrected chi connectivity index (χ3v) is 8.02. The van der Waals surface area contributed by atoms with Crippen LogP contribution in [0.2, 0.25) is 5.02 Å². The second kappa shape index (κ2) is 11.0. The number of aromatic nitrogens is 2. The molecule has 0 fully saturated rings. The normalized spacial score (nSPS) is 12.7. The summed E-state index contributed by atoms with van der Waals surface area (Å²) in [7, 11) is 0. The molecule has 1 aliphatic rings. The fourth-order valence-corrected chi connectivity index (χ4v) is 5.19. The number of carbonyl (C=O) groups excluding carboxylic acids is 3. The van der Waals surface area contributed by atoms with E-state index in [0.717, 1.165) is 5.56 Å². The molecule has 198 valence electrons. The molecule has 39 heavy (non-hydrogen) atoms. The number of rotatable bonds is 7. The number of hydrogen-bond donors (Lipinski definition) is 1. The van der Waals surface area contributed by atoms with Crippen LogP contribution in [-0.4, -0.2) is 38.2 Å². The highest BCUT2D eigenvalue weighted by atomic mass is 79.9. The minimum absolute atomic E-state index is 0.0839. The van der Waals surface area contributed by atoms with Gasteiger partial charge in [0.15, 0.2) is 5.78 Å². The third-order valence-electron chi connectivity index (χ3n) is 6.79. The standard InChI is InChI=1S/C29H24BrClN4O4/c30-22-12-9-20(16-23(22)31)28(38)33-14-15-34-24(17-33)26(25(36)13-6-18-4-2-1-3-5-18)35(29(34)39)21-10-7-19(8-11-21)27(32)37/h1-5,7-12,16H,6,13-15,17H2,(H2,32,37). The van der Waals surface area contributed by atoms with Crippen LogP contribution in [0, 0.1) is 0 Å². The topological polar surface area (TPSA) is 107 Å². The van der Waals surface area contributed by atoms with E-state index in [4.69, 9.17) is 17.3 Å². The first kappa shape index (κ1) is 26.6. The Balaban J connectivity index is 1.54. The fraction of sp³-hybridized carbons (Fsp3) is 0.172. The Hall–Kier alpha value is -3.95. The average molecular weight is 608 g/mol. The number of fused-ring (bicyclic) bond motifs is 1. The van der Waals surface area contributed by atoms with Gasteiger partial charge in [-0.05, 0) is 70.4 Å². The Labute approximate surface area is 237 Å². The summed E-state index contributed by atoms with van der Waals surface area (Å²) in [5, 5.41) is 0.414. The first-order valence-electron chi connectivity index (χ1n) is 12.3. The van der Waals surface area contributed by atoms with Crippen molar-refractivity contribution in [3.8, 4) is 5.69 Å². The highest BCUT2D eigenvalue weighted by Gasteiger charge is 2.32. The predicted octanol–water partition coefficient (Wildman–Crippen LogP) is 4.63. The fourth-order valence-electron chi connectivity index (χ4n) is 4.77. The monoisotopic (exact) mass is 606 g/mol. The van der Waals surface area contributed by atoms with Crippen LogP contribution in [0.3, 0.4) is 0 Å². The highest BCUT2D eigenvalue weighted by Crippen LogP contribution is 2.26. The maximum Gasteiger partial charge on any atom is 0.333 e. The molecule has 8 nitrogen and oxygen atoms in total. The Bertz CT molecular complexity index is 1640. The summed E-state index contributed by atoms with van der Waals surface area (Å²) in [6.45, 7) is 0.609. The van der Waals surface area contributed by atoms with Gasteiger partial charge in [-0.1, -0.05) is 41.9 Å². The van der Waals surface area contributed by atoms with Crippen molar-refractivity contribution >= 4 is 45.1 Å². The molecule has 4 aromatic rings. The Morgan fingerprint density at radius 1 is 0.923 bits per heavy atom. The molecule has 0 saturated carbocycles. The van der Waals surface area contributed by atoms with Gasteiger partial charge in [-0.15, -0.1) is 0 Å². The lowest BCUT2D eigenvalue weighted by Crippen LogP contribution is -2.41. The molecular formula is C29H24BrClN4O4. The zero-order chi connectivity index (χ0) is 27.7. The zero-order valence-corrected chi connectivity index (χ0v) is 23.1. The molecule has 1 aliphatic heterocycles. The molecule has 3 aromatic carbocycles. The van der Waals surface area contributed by atoms with Crippen molar-refractivity contribution in [1.29, 1.82) is 0 Å². The van der Waals surface area contributed by atoms with Gasteiger partial charge in [0.05, 0.1) is 22.9 Å². The number of aryl methyl sites for hydroxylation is 1. The van der Waals surface area contributed by atoms with Gasteiger partial charge in [-0.25, -0.2) is 4.79 Å². The maximum absolute atomic E-state index is 13.7. The summed E-state index contributed by atoms with van der Waals surface area (Å²) in [4.78, 5) is 53.9. The number of halogens is 2. The molecule has 0 bridgehead atoms. The molecule has 10 heteroatoms. The van der Waals surface area contributed by atoms with Crippen molar-refractivity contribution in [2.75, 3.05) is 6.54 Å². The van der Waals surface area contributed by atoms with Gasteiger partial charge < -0.3 is 10.6 Å². The van der Waals surface area contributed by atoms with Crippen molar-refractivity contribution in [2.45, 2.75) is 25.9 Å². The molecule has 0 unspecified atom stereocenters. The van der Waals surface area contributed by atoms with Crippen molar-refractivity contribution in [1.82, 2.24) is 14.0 Å². The minimum Gasteiger partial charge on any atom is -0.366 e. The van der Waals surface area contributed by atoms with Crippen LogP contribution >= 0.6 is 27.5 Å². The maximum atomic E-state index is 13.7. The number of ketones is 1. The van der Waals surface area contributed by atoms with Crippen LogP contribution in [0.15, 0.2) is 82.1 Å². The Kier molecular flexibility index (Phi) is 7.54. The van der Waals surface area contributed by atoms with E-state index in [1.54, 1.807) is 39.8 Å². The van der Waals surface area contributed by atoms with Crippen LogP contribution in [0.25, 0.3) is 5.69 Å². The molecule has 0 spiro atoms. The van der Waals surface area contributed by atoms with Gasteiger partial charge in [-0.2, -0.15) is 0 Å². The Morgan fingerprint density at radius 3 is 2.28 bits per heavy atom. The minimum atomic E-state index is -0.591. The number of carbonyl (C=O) groups is 3. The number of imidazole rings is 1. The van der Waals surface area contributed by atoms with E-state index in [2.05, 4.69) is 15.9 Å². The van der Waals surface area contributed by atoms with E-state index in [1.165, 1.54) is 16.7 Å². The van der Waals surface area contributed by atoms with Gasteiger partial charge in [0.25, 0.3) is 5.91 Å². The molecule has 0 saturated heterocycles. The van der Waals surface area contributed by atoms with Gasteiger partial charge in [-0.3, -0.25) is 23.5 Å². The van der Waals surface area contributed by atoms with Crippen molar-refractivity contribution in [3.05, 3.63) is 121 Å². The largest absolute Gasteiger partial charge is 0.366 e. The number of nitrogens with zero attached hydrogens (tertiary/aromatic N) is 3. The predicted molar refractivity (Wildman–Crippen MR) is 152 cm³/mol. The van der Waals surface area contributed by atoms with Crippen LogP contribution in [0.1, 0.15) is 48.9 Å². The van der Waals surface area contributed by atoms with E-state index < -0.39 is 5.91 Å². The first-order valence-corrected chi connectivity index (χ1v) is 13.5. The number of nitrogens with two attached hydrogens (primary N) is 1. The van der Waals surface area contributed by atoms with Crippen LogP contribution in [-0.2, 0) is 19.5 Å². The van der Waals surface area contributed by atoms with Gasteiger partial charge >= 0.3 is 5.69 Å². The number of hydrogen-bond acceptors (Lipinski definition) is 4. The zero-order valence-electron chi connectivity index (χ0n) is 20.8. The highest BCUT2D eigenvalue weighted by molar-refractivity contribution is 9.10. The summed E-state index contributed by atoms with van der Waals surface area (Å²) in [6, 6.07) is 20.8. The lowest BCUT2D eigenvalue weighted by atomic mass is 10.0. The van der Waals surface area contributed by atoms with Crippen LogP contribution in [0.4, 0.5) is 0 Å². The summed E-state index contributed by atoms with van der Waals surface area (Å²) in [5.74, 6) is -1.06. The summed E-state index contributed by atoms with van der Waals surface area (Å²) in [5.41, 5.74) is 7.85. The van der Waals surface area contributed by atoms with E-state index in [-0.39, 0.29) is 48.1 Å². The van der Waals surface area contributed by atoms with E-state index >= 15 is 0 Å². The van der Waals surface area contributed by atoms with E-state index in [9.17, 15) is 19.2 Å². The molecule has 0 radical (unpaired) electrons. The smallest absolute Gasteiger partial charge is 0.333 e. The number of amides is 2. The second-order valence-electron chi connectivity index (χ2n) is 9.24. The van der Waals surface area contributed by atoms with Crippen molar-refractivity contribution < 1.29 is 14.4 Å². The van der Waals surface area contributed by atoms with Gasteiger partial charge in [0, 0.05) is 35.1 Å². The summed E-state index contributed by atoms with van der Waals surface area (Å²) < 4.78 is 3.60. The average Bonchev–Trinajstić information content (AvgIpc) is 3.25. The van der Waals surface area contributed by atoms with Crippen LogP contribution < -0.4 is 11.4 Å².